The summed E-state index contributed by atoms with van der Waals surface area (Å²) in [7, 11) is 4.20. The van der Waals surface area contributed by atoms with Crippen LogP contribution in [0.3, 0.4) is 0 Å². The number of hydrogen-bond donors (Lipinski definition) is 1. The van der Waals surface area contributed by atoms with Gasteiger partial charge in [0, 0.05) is 13.1 Å². The lowest BCUT2D eigenvalue weighted by Gasteiger charge is -2.26. The van der Waals surface area contributed by atoms with Gasteiger partial charge in [0.05, 0.1) is 0 Å². The molecule has 0 atom stereocenters. The highest BCUT2D eigenvalue weighted by molar-refractivity contribution is 4.68. The molecule has 0 aromatic rings. The third-order valence-electron chi connectivity index (χ3n) is 2.87. The van der Waals surface area contributed by atoms with Gasteiger partial charge >= 0.3 is 0 Å². The van der Waals surface area contributed by atoms with Crippen molar-refractivity contribution in [3.63, 3.8) is 0 Å². The Hall–Kier alpha value is -0.0800. The van der Waals surface area contributed by atoms with E-state index in [0.717, 1.165) is 13.1 Å². The summed E-state index contributed by atoms with van der Waals surface area (Å²) in [5.74, 6) is 0. The van der Waals surface area contributed by atoms with Crippen molar-refractivity contribution in [1.29, 1.82) is 0 Å². The number of rotatable bonds is 7. The quantitative estimate of drug-likeness (QED) is 0.654. The van der Waals surface area contributed by atoms with Gasteiger partial charge in [-0.3, -0.25) is 0 Å². The fraction of sp³-hybridized carbons (Fsp3) is 1.00. The highest BCUT2D eigenvalue weighted by Gasteiger charge is 2.15. The van der Waals surface area contributed by atoms with E-state index < -0.39 is 0 Å². The molecule has 2 nitrogen and oxygen atoms in total. The van der Waals surface area contributed by atoms with Crippen LogP contribution in [0.4, 0.5) is 0 Å². The number of nitrogens with zero attached hydrogens (tertiary/aromatic N) is 1. The second-order valence-corrected chi connectivity index (χ2v) is 4.67. The molecule has 0 rings (SSSR count). The van der Waals surface area contributed by atoms with Crippen LogP contribution >= 0.6 is 0 Å². The zero-order valence-electron chi connectivity index (χ0n) is 9.98. The smallest absolute Gasteiger partial charge is 0.0104 e. The minimum atomic E-state index is 0.508. The molecule has 0 unspecified atom stereocenters. The van der Waals surface area contributed by atoms with Gasteiger partial charge in [-0.25, -0.2) is 0 Å². The van der Waals surface area contributed by atoms with E-state index in [-0.39, 0.29) is 0 Å². The summed E-state index contributed by atoms with van der Waals surface area (Å²) in [6.07, 6.45) is 2.57. The van der Waals surface area contributed by atoms with E-state index in [0.29, 0.717) is 5.41 Å². The van der Waals surface area contributed by atoms with E-state index in [9.17, 15) is 0 Å². The molecule has 0 aliphatic heterocycles. The van der Waals surface area contributed by atoms with E-state index in [1.54, 1.807) is 0 Å². The van der Waals surface area contributed by atoms with E-state index >= 15 is 0 Å². The van der Waals surface area contributed by atoms with Crippen molar-refractivity contribution in [2.24, 2.45) is 5.41 Å². The topological polar surface area (TPSA) is 15.3 Å². The molecule has 0 bridgehead atoms. The Morgan fingerprint density at radius 1 is 1.23 bits per heavy atom. The molecule has 0 amide bonds. The maximum absolute atomic E-state index is 3.17. The van der Waals surface area contributed by atoms with Gasteiger partial charge in [-0.15, -0.1) is 0 Å². The third kappa shape index (κ3) is 7.03. The monoisotopic (exact) mass is 186 g/mol. The van der Waals surface area contributed by atoms with Gasteiger partial charge in [0.25, 0.3) is 0 Å². The summed E-state index contributed by atoms with van der Waals surface area (Å²) in [6.45, 7) is 10.4. The molecular formula is C11H26N2. The second kappa shape index (κ2) is 6.39. The van der Waals surface area contributed by atoms with Crippen molar-refractivity contribution < 1.29 is 0 Å². The standard InChI is InChI=1S/C11H26N2/c1-6-11(2,3)7-9-13(5)10-8-12-4/h12H,6-10H2,1-5H3. The molecule has 0 aliphatic carbocycles. The first-order valence-electron chi connectivity index (χ1n) is 5.35. The van der Waals surface area contributed by atoms with Crippen LogP contribution in [-0.4, -0.2) is 38.6 Å². The first kappa shape index (κ1) is 12.9. The maximum atomic E-state index is 3.17. The number of nitrogens with one attached hydrogen (secondary N) is 1. The largest absolute Gasteiger partial charge is 0.318 e. The first-order valence-corrected chi connectivity index (χ1v) is 5.35. The molecule has 13 heavy (non-hydrogen) atoms. The highest BCUT2D eigenvalue weighted by Crippen LogP contribution is 2.24. The summed E-state index contributed by atoms with van der Waals surface area (Å²) in [5, 5.41) is 3.17. The Bertz CT molecular complexity index is 121. The molecule has 0 aromatic heterocycles. The van der Waals surface area contributed by atoms with E-state index in [1.165, 1.54) is 19.4 Å². The van der Waals surface area contributed by atoms with Crippen LogP contribution in [-0.2, 0) is 0 Å². The molecule has 0 saturated carbocycles. The lowest BCUT2D eigenvalue weighted by Crippen LogP contribution is -2.30. The predicted octanol–water partition coefficient (Wildman–Crippen LogP) is 1.96. The molecule has 0 heterocycles. The van der Waals surface area contributed by atoms with Gasteiger partial charge in [0.2, 0.25) is 0 Å². The molecule has 0 fully saturated rings. The van der Waals surface area contributed by atoms with Gasteiger partial charge < -0.3 is 10.2 Å². The molecule has 0 radical (unpaired) electrons. The van der Waals surface area contributed by atoms with Gasteiger partial charge in [0.1, 0.15) is 0 Å². The Balaban J connectivity index is 3.51. The van der Waals surface area contributed by atoms with Gasteiger partial charge in [-0.05, 0) is 32.5 Å². The van der Waals surface area contributed by atoms with Crippen LogP contribution in [0.5, 0.6) is 0 Å². The van der Waals surface area contributed by atoms with Gasteiger partial charge in [0.15, 0.2) is 0 Å². The van der Waals surface area contributed by atoms with Crippen molar-refractivity contribution in [2.45, 2.75) is 33.6 Å². The van der Waals surface area contributed by atoms with Crippen LogP contribution in [0.25, 0.3) is 0 Å². The van der Waals surface area contributed by atoms with Crippen LogP contribution < -0.4 is 5.32 Å². The minimum Gasteiger partial charge on any atom is -0.318 e. The Morgan fingerprint density at radius 3 is 2.31 bits per heavy atom. The van der Waals surface area contributed by atoms with E-state index in [4.69, 9.17) is 0 Å². The second-order valence-electron chi connectivity index (χ2n) is 4.67. The van der Waals surface area contributed by atoms with Crippen LogP contribution in [0, 0.1) is 5.41 Å². The van der Waals surface area contributed by atoms with Crippen LogP contribution in [0.1, 0.15) is 33.6 Å². The minimum absolute atomic E-state index is 0.508. The summed E-state index contributed by atoms with van der Waals surface area (Å²) < 4.78 is 0. The van der Waals surface area contributed by atoms with Crippen LogP contribution in [0.15, 0.2) is 0 Å². The molecule has 0 spiro atoms. The highest BCUT2D eigenvalue weighted by atomic mass is 15.1. The molecule has 80 valence electrons. The SMILES string of the molecule is CCC(C)(C)CCN(C)CCNC. The van der Waals surface area contributed by atoms with Gasteiger partial charge in [-0.1, -0.05) is 27.2 Å². The summed E-state index contributed by atoms with van der Waals surface area (Å²) in [6, 6.07) is 0. The third-order valence-corrected chi connectivity index (χ3v) is 2.87. The molecule has 1 N–H and O–H groups in total. The summed E-state index contributed by atoms with van der Waals surface area (Å²) >= 11 is 0. The van der Waals surface area contributed by atoms with Crippen molar-refractivity contribution in [3.05, 3.63) is 0 Å². The zero-order valence-corrected chi connectivity index (χ0v) is 9.98. The Labute approximate surface area is 83.7 Å². The van der Waals surface area contributed by atoms with Crippen molar-refractivity contribution >= 4 is 0 Å². The first-order chi connectivity index (χ1) is 6.02. The maximum Gasteiger partial charge on any atom is 0.0104 e. The van der Waals surface area contributed by atoms with E-state index in [2.05, 4.69) is 38.0 Å². The molecule has 0 aromatic carbocycles. The predicted molar refractivity (Wildman–Crippen MR) is 60.1 cm³/mol. The lowest BCUT2D eigenvalue weighted by molar-refractivity contribution is 0.243. The van der Waals surface area contributed by atoms with Crippen molar-refractivity contribution in [3.8, 4) is 0 Å². The summed E-state index contributed by atoms with van der Waals surface area (Å²) in [5.41, 5.74) is 0.508. The molecule has 0 saturated heterocycles. The number of likely N-dealkylation sites (N-methyl/N-ethyl adjacent to an activating group) is 2. The van der Waals surface area contributed by atoms with E-state index in [1.807, 2.05) is 7.05 Å². The number of hydrogen-bond acceptors (Lipinski definition) is 2. The molecular weight excluding hydrogens is 160 g/mol. The average molecular weight is 186 g/mol. The molecule has 2 heteroatoms. The normalized spacial score (nSPS) is 12.5. The molecule has 0 aliphatic rings. The van der Waals surface area contributed by atoms with Crippen molar-refractivity contribution in [2.75, 3.05) is 33.7 Å². The average Bonchev–Trinajstić information content (AvgIpc) is 2.11. The fourth-order valence-electron chi connectivity index (χ4n) is 1.08. The Kier molecular flexibility index (Phi) is 6.35. The lowest BCUT2D eigenvalue weighted by atomic mass is 9.86. The van der Waals surface area contributed by atoms with Gasteiger partial charge in [-0.2, -0.15) is 0 Å². The van der Waals surface area contributed by atoms with Crippen LogP contribution in [0.2, 0.25) is 0 Å². The zero-order chi connectivity index (χ0) is 10.3. The summed E-state index contributed by atoms with van der Waals surface area (Å²) in [4.78, 5) is 2.40. The fourth-order valence-corrected chi connectivity index (χ4v) is 1.08. The van der Waals surface area contributed by atoms with Crippen molar-refractivity contribution in [1.82, 2.24) is 10.2 Å². The Morgan fingerprint density at radius 2 is 1.85 bits per heavy atom.